The first-order valence-electron chi connectivity index (χ1n) is 10.9. The molecule has 0 aliphatic heterocycles. The zero-order chi connectivity index (χ0) is 22.5. The van der Waals surface area contributed by atoms with E-state index in [4.69, 9.17) is 13.9 Å². The Hall–Kier alpha value is -3.54. The van der Waals surface area contributed by atoms with Gasteiger partial charge >= 0.3 is 5.97 Å². The van der Waals surface area contributed by atoms with Crippen molar-refractivity contribution in [3.63, 3.8) is 0 Å². The van der Waals surface area contributed by atoms with Gasteiger partial charge in [0.25, 0.3) is 0 Å². The number of carbonyl (C=O) groups is 1. The van der Waals surface area contributed by atoms with Crippen molar-refractivity contribution in [2.75, 3.05) is 13.2 Å². The zero-order valence-corrected chi connectivity index (χ0v) is 18.4. The van der Waals surface area contributed by atoms with E-state index in [1.165, 1.54) is 0 Å². The SMILES string of the molecule is CCOC(=Cc1ccc(OCCc2nc(-c3ccccc3)oc2C)c2c1CCC2)C(=O)O. The predicted molar refractivity (Wildman–Crippen MR) is 122 cm³/mol. The molecule has 0 bridgehead atoms. The highest BCUT2D eigenvalue weighted by atomic mass is 16.5. The number of carboxylic acids is 1. The molecule has 6 nitrogen and oxygen atoms in total. The van der Waals surface area contributed by atoms with E-state index in [9.17, 15) is 9.90 Å². The third kappa shape index (κ3) is 4.69. The van der Waals surface area contributed by atoms with E-state index in [-0.39, 0.29) is 5.76 Å². The molecule has 1 heterocycles. The summed E-state index contributed by atoms with van der Waals surface area (Å²) in [5, 5.41) is 9.36. The number of nitrogens with zero attached hydrogens (tertiary/aromatic N) is 1. The van der Waals surface area contributed by atoms with Gasteiger partial charge in [-0.05, 0) is 74.1 Å². The lowest BCUT2D eigenvalue weighted by Crippen LogP contribution is -2.06. The van der Waals surface area contributed by atoms with Crippen molar-refractivity contribution in [3.8, 4) is 17.2 Å². The molecule has 1 N–H and O–H groups in total. The molecule has 0 fully saturated rings. The van der Waals surface area contributed by atoms with E-state index >= 15 is 0 Å². The van der Waals surface area contributed by atoms with E-state index in [0.29, 0.717) is 25.5 Å². The molecule has 166 valence electrons. The second-order valence-corrected chi connectivity index (χ2v) is 7.70. The Kier molecular flexibility index (Phi) is 6.59. The van der Waals surface area contributed by atoms with Gasteiger partial charge in [0.05, 0.1) is 18.9 Å². The molecular formula is C26H27NO5. The van der Waals surface area contributed by atoms with Crippen molar-refractivity contribution >= 4 is 12.0 Å². The van der Waals surface area contributed by atoms with Crippen LogP contribution in [0.25, 0.3) is 17.5 Å². The number of hydrogen-bond donors (Lipinski definition) is 1. The van der Waals surface area contributed by atoms with Crippen LogP contribution in [-0.2, 0) is 28.8 Å². The Bertz CT molecular complexity index is 1130. The molecule has 2 aromatic carbocycles. The molecule has 0 amide bonds. The van der Waals surface area contributed by atoms with Gasteiger partial charge in [0.2, 0.25) is 11.6 Å². The topological polar surface area (TPSA) is 81.8 Å². The number of benzene rings is 2. The fourth-order valence-corrected chi connectivity index (χ4v) is 4.06. The van der Waals surface area contributed by atoms with Gasteiger partial charge in [-0.15, -0.1) is 0 Å². The summed E-state index contributed by atoms with van der Waals surface area (Å²) in [6, 6.07) is 13.7. The highest BCUT2D eigenvalue weighted by Gasteiger charge is 2.20. The Morgan fingerprint density at radius 1 is 1.16 bits per heavy atom. The van der Waals surface area contributed by atoms with Gasteiger partial charge in [-0.2, -0.15) is 0 Å². The lowest BCUT2D eigenvalue weighted by atomic mass is 10.0. The van der Waals surface area contributed by atoms with Crippen LogP contribution in [0.3, 0.4) is 0 Å². The second kappa shape index (κ2) is 9.73. The first kappa shape index (κ1) is 21.7. The number of carboxylic acid groups (broad SMARTS) is 1. The summed E-state index contributed by atoms with van der Waals surface area (Å²) >= 11 is 0. The van der Waals surface area contributed by atoms with E-state index in [0.717, 1.165) is 58.7 Å². The van der Waals surface area contributed by atoms with Crippen molar-refractivity contribution in [2.24, 2.45) is 0 Å². The van der Waals surface area contributed by atoms with Gasteiger partial charge in [0, 0.05) is 12.0 Å². The minimum atomic E-state index is -1.06. The Labute approximate surface area is 187 Å². The number of fused-ring (bicyclic) bond motifs is 1. The normalized spacial score (nSPS) is 13.1. The van der Waals surface area contributed by atoms with Gasteiger partial charge in [-0.25, -0.2) is 9.78 Å². The monoisotopic (exact) mass is 433 g/mol. The number of aromatic nitrogens is 1. The van der Waals surface area contributed by atoms with Crippen LogP contribution in [0.5, 0.6) is 5.75 Å². The molecular weight excluding hydrogens is 406 g/mol. The number of aliphatic carboxylic acids is 1. The van der Waals surface area contributed by atoms with Crippen molar-refractivity contribution in [2.45, 2.75) is 39.5 Å². The average Bonchev–Trinajstić information content (AvgIpc) is 3.43. The van der Waals surface area contributed by atoms with Crippen molar-refractivity contribution in [1.29, 1.82) is 0 Å². The van der Waals surface area contributed by atoms with Gasteiger partial charge < -0.3 is 19.0 Å². The van der Waals surface area contributed by atoms with Gasteiger partial charge in [-0.1, -0.05) is 24.3 Å². The average molecular weight is 434 g/mol. The van der Waals surface area contributed by atoms with E-state index in [1.54, 1.807) is 13.0 Å². The number of rotatable bonds is 9. The van der Waals surface area contributed by atoms with Crippen molar-refractivity contribution in [1.82, 2.24) is 4.98 Å². The zero-order valence-electron chi connectivity index (χ0n) is 18.4. The number of oxazole rings is 1. The van der Waals surface area contributed by atoms with Gasteiger partial charge in [-0.3, -0.25) is 0 Å². The van der Waals surface area contributed by atoms with Crippen LogP contribution in [0.15, 0.2) is 52.6 Å². The summed E-state index contributed by atoms with van der Waals surface area (Å²) in [5.41, 5.74) is 5.03. The molecule has 1 aromatic heterocycles. The fourth-order valence-electron chi connectivity index (χ4n) is 4.06. The van der Waals surface area contributed by atoms with Gasteiger partial charge in [0.15, 0.2) is 0 Å². The molecule has 0 atom stereocenters. The first-order chi connectivity index (χ1) is 15.6. The first-order valence-corrected chi connectivity index (χ1v) is 10.9. The summed E-state index contributed by atoms with van der Waals surface area (Å²) in [6.45, 7) is 4.50. The number of hydrogen-bond acceptors (Lipinski definition) is 5. The smallest absolute Gasteiger partial charge is 0.371 e. The molecule has 1 aliphatic carbocycles. The fraction of sp³-hybridized carbons (Fsp3) is 0.308. The van der Waals surface area contributed by atoms with E-state index in [1.807, 2.05) is 49.4 Å². The number of ether oxygens (including phenoxy) is 2. The molecule has 0 saturated heterocycles. The van der Waals surface area contributed by atoms with Crippen LogP contribution >= 0.6 is 0 Å². The molecule has 0 unspecified atom stereocenters. The predicted octanol–water partition coefficient (Wildman–Crippen LogP) is 5.22. The largest absolute Gasteiger partial charge is 0.493 e. The maximum Gasteiger partial charge on any atom is 0.371 e. The molecule has 0 radical (unpaired) electrons. The minimum absolute atomic E-state index is 0.0361. The Morgan fingerprint density at radius 2 is 1.94 bits per heavy atom. The highest BCUT2D eigenvalue weighted by molar-refractivity contribution is 5.90. The molecule has 0 spiro atoms. The second-order valence-electron chi connectivity index (χ2n) is 7.70. The number of aryl methyl sites for hydroxylation is 1. The summed E-state index contributed by atoms with van der Waals surface area (Å²) in [6.07, 6.45) is 5.11. The quantitative estimate of drug-likeness (QED) is 0.368. The molecule has 4 rings (SSSR count). The summed E-state index contributed by atoms with van der Waals surface area (Å²) in [4.78, 5) is 16.1. The van der Waals surface area contributed by atoms with Crippen LogP contribution in [-0.4, -0.2) is 29.3 Å². The lowest BCUT2D eigenvalue weighted by molar-refractivity contribution is -0.136. The van der Waals surface area contributed by atoms with Crippen LogP contribution in [0.4, 0.5) is 0 Å². The molecule has 3 aromatic rings. The Balaban J connectivity index is 1.47. The van der Waals surface area contributed by atoms with Gasteiger partial charge in [0.1, 0.15) is 11.5 Å². The van der Waals surface area contributed by atoms with Crippen LogP contribution in [0.1, 0.15) is 41.5 Å². The molecule has 0 saturated carbocycles. The maximum absolute atomic E-state index is 11.4. The third-order valence-corrected chi connectivity index (χ3v) is 5.59. The summed E-state index contributed by atoms with van der Waals surface area (Å²) in [7, 11) is 0. The third-order valence-electron chi connectivity index (χ3n) is 5.59. The minimum Gasteiger partial charge on any atom is -0.493 e. The Morgan fingerprint density at radius 3 is 2.69 bits per heavy atom. The van der Waals surface area contributed by atoms with E-state index in [2.05, 4.69) is 4.98 Å². The van der Waals surface area contributed by atoms with Crippen LogP contribution < -0.4 is 4.74 Å². The van der Waals surface area contributed by atoms with Crippen molar-refractivity contribution in [3.05, 3.63) is 76.4 Å². The molecule has 32 heavy (non-hydrogen) atoms. The summed E-state index contributed by atoms with van der Waals surface area (Å²) < 4.78 is 17.2. The highest BCUT2D eigenvalue weighted by Crippen LogP contribution is 2.34. The van der Waals surface area contributed by atoms with E-state index < -0.39 is 5.97 Å². The molecule has 6 heteroatoms. The standard InChI is InChI=1S/C26H27NO5/c1-3-30-24(26(28)29)16-19-12-13-23(21-11-7-10-20(19)21)31-15-14-22-17(2)32-25(27-22)18-8-5-4-6-9-18/h4-6,8-9,12-13,16H,3,7,10-11,14-15H2,1-2H3,(H,28,29). The van der Waals surface area contributed by atoms with Crippen LogP contribution in [0, 0.1) is 6.92 Å². The van der Waals surface area contributed by atoms with Crippen LogP contribution in [0.2, 0.25) is 0 Å². The lowest BCUT2D eigenvalue weighted by Gasteiger charge is -2.13. The summed E-state index contributed by atoms with van der Waals surface area (Å²) in [5.74, 6) is 1.18. The maximum atomic E-state index is 11.4. The van der Waals surface area contributed by atoms with Crippen molar-refractivity contribution < 1.29 is 23.8 Å². The molecule has 1 aliphatic rings.